The van der Waals surface area contributed by atoms with Gasteiger partial charge in [0, 0.05) is 11.8 Å². The summed E-state index contributed by atoms with van der Waals surface area (Å²) in [5.41, 5.74) is 2.87. The molecule has 0 amide bonds. The van der Waals surface area contributed by atoms with Crippen molar-refractivity contribution in [3.63, 3.8) is 0 Å². The molecule has 0 aromatic carbocycles. The summed E-state index contributed by atoms with van der Waals surface area (Å²) in [4.78, 5) is 20.5. The Morgan fingerprint density at radius 2 is 2.25 bits per heavy atom. The second-order valence-electron chi connectivity index (χ2n) is 3.06. The van der Waals surface area contributed by atoms with E-state index in [1.165, 1.54) is 0 Å². The highest BCUT2D eigenvalue weighted by Crippen LogP contribution is 2.34. The summed E-state index contributed by atoms with van der Waals surface area (Å²) in [5, 5.41) is 23.2. The van der Waals surface area contributed by atoms with E-state index in [-0.39, 0.29) is 15.6 Å². The van der Waals surface area contributed by atoms with Crippen molar-refractivity contribution in [1.29, 1.82) is 0 Å². The molecule has 1 aromatic heterocycles. The zero-order valence-corrected chi connectivity index (χ0v) is 9.37. The Hall–Kier alpha value is -1.96. The standard InChI is InChI=1S/C8H9N3O4S/c1-4(2)9-10-7-5(11(14)15)3-6(16-7)8(12)13/h3,10H,1-2H3,(H,12,13). The van der Waals surface area contributed by atoms with Gasteiger partial charge in [-0.05, 0) is 13.8 Å². The van der Waals surface area contributed by atoms with Crippen molar-refractivity contribution in [2.24, 2.45) is 5.10 Å². The first-order chi connectivity index (χ1) is 7.41. The summed E-state index contributed by atoms with van der Waals surface area (Å²) < 4.78 is 0. The molecule has 2 N–H and O–H groups in total. The van der Waals surface area contributed by atoms with E-state index in [4.69, 9.17) is 5.11 Å². The number of rotatable bonds is 4. The molecule has 0 aliphatic heterocycles. The maximum atomic E-state index is 10.7. The van der Waals surface area contributed by atoms with Crippen molar-refractivity contribution in [2.45, 2.75) is 13.8 Å². The number of hydrazone groups is 1. The molecule has 1 aromatic rings. The van der Waals surface area contributed by atoms with Crippen molar-refractivity contribution in [2.75, 3.05) is 5.43 Å². The maximum absolute atomic E-state index is 10.7. The van der Waals surface area contributed by atoms with Gasteiger partial charge in [0.1, 0.15) is 4.88 Å². The highest BCUT2D eigenvalue weighted by Gasteiger charge is 2.21. The number of thiophene rings is 1. The molecule has 7 nitrogen and oxygen atoms in total. The van der Waals surface area contributed by atoms with Crippen LogP contribution in [0.2, 0.25) is 0 Å². The Bertz CT molecular complexity index is 462. The van der Waals surface area contributed by atoms with Gasteiger partial charge in [-0.2, -0.15) is 5.10 Å². The molecule has 8 heteroatoms. The molecule has 0 unspecified atom stereocenters. The molecule has 0 spiro atoms. The molecule has 0 fully saturated rings. The van der Waals surface area contributed by atoms with Crippen LogP contribution in [0.5, 0.6) is 0 Å². The molecule has 16 heavy (non-hydrogen) atoms. The minimum absolute atomic E-state index is 0.0989. The number of nitrogens with zero attached hydrogens (tertiary/aromatic N) is 2. The predicted molar refractivity (Wildman–Crippen MR) is 60.3 cm³/mol. The summed E-state index contributed by atoms with van der Waals surface area (Å²) in [7, 11) is 0. The van der Waals surface area contributed by atoms with Crippen molar-refractivity contribution >= 4 is 33.7 Å². The molecule has 0 saturated heterocycles. The van der Waals surface area contributed by atoms with Crippen LogP contribution in [-0.4, -0.2) is 21.7 Å². The third kappa shape index (κ3) is 2.76. The number of carboxylic acids is 1. The molecule has 1 rings (SSSR count). The predicted octanol–water partition coefficient (Wildman–Crippen LogP) is 2.16. The normalized spacial score (nSPS) is 9.62. The van der Waals surface area contributed by atoms with Crippen LogP contribution in [0.4, 0.5) is 10.7 Å². The Balaban J connectivity index is 3.10. The largest absolute Gasteiger partial charge is 0.477 e. The topological polar surface area (TPSA) is 105 Å². The minimum atomic E-state index is -1.20. The highest BCUT2D eigenvalue weighted by molar-refractivity contribution is 7.18. The highest BCUT2D eigenvalue weighted by atomic mass is 32.1. The molecule has 0 aliphatic carbocycles. The Kier molecular flexibility index (Phi) is 3.56. The van der Waals surface area contributed by atoms with Gasteiger partial charge >= 0.3 is 11.7 Å². The Labute approximate surface area is 94.6 Å². The SMILES string of the molecule is CC(C)=NNc1sc(C(=O)O)cc1[N+](=O)[O-]. The number of nitro groups is 1. The van der Waals surface area contributed by atoms with Crippen LogP contribution in [0, 0.1) is 10.1 Å². The van der Waals surface area contributed by atoms with Crippen LogP contribution in [0.3, 0.4) is 0 Å². The van der Waals surface area contributed by atoms with Crippen LogP contribution >= 0.6 is 11.3 Å². The van der Waals surface area contributed by atoms with Gasteiger partial charge in [-0.25, -0.2) is 4.79 Å². The first kappa shape index (κ1) is 12.1. The number of aromatic carboxylic acids is 1. The van der Waals surface area contributed by atoms with E-state index in [1.54, 1.807) is 13.8 Å². The molecule has 86 valence electrons. The van der Waals surface area contributed by atoms with Crippen molar-refractivity contribution in [3.8, 4) is 0 Å². The van der Waals surface area contributed by atoms with E-state index in [2.05, 4.69) is 10.5 Å². The summed E-state index contributed by atoms with van der Waals surface area (Å²) >= 11 is 0.779. The van der Waals surface area contributed by atoms with Crippen molar-refractivity contribution < 1.29 is 14.8 Å². The van der Waals surface area contributed by atoms with Gasteiger partial charge in [0.15, 0.2) is 5.00 Å². The molecular formula is C8H9N3O4S. The number of hydrogen-bond acceptors (Lipinski definition) is 6. The van der Waals surface area contributed by atoms with Crippen LogP contribution in [-0.2, 0) is 0 Å². The smallest absolute Gasteiger partial charge is 0.346 e. The van der Waals surface area contributed by atoms with E-state index in [1.807, 2.05) is 0 Å². The van der Waals surface area contributed by atoms with E-state index in [0.29, 0.717) is 5.71 Å². The summed E-state index contributed by atoms with van der Waals surface area (Å²) in [6.45, 7) is 3.43. The zero-order valence-electron chi connectivity index (χ0n) is 8.55. The fourth-order valence-corrected chi connectivity index (χ4v) is 1.67. The average Bonchev–Trinajstić information content (AvgIpc) is 2.58. The maximum Gasteiger partial charge on any atom is 0.346 e. The fourth-order valence-electron chi connectivity index (χ4n) is 0.865. The molecule has 0 saturated carbocycles. The van der Waals surface area contributed by atoms with Crippen LogP contribution in [0.1, 0.15) is 23.5 Å². The van der Waals surface area contributed by atoms with E-state index in [0.717, 1.165) is 17.4 Å². The lowest BCUT2D eigenvalue weighted by molar-refractivity contribution is -0.383. The number of anilines is 1. The number of carboxylic acid groups (broad SMARTS) is 1. The Morgan fingerprint density at radius 3 is 2.69 bits per heavy atom. The van der Waals surface area contributed by atoms with E-state index in [9.17, 15) is 14.9 Å². The lowest BCUT2D eigenvalue weighted by Gasteiger charge is -1.95. The lowest BCUT2D eigenvalue weighted by Crippen LogP contribution is -1.94. The summed E-state index contributed by atoms with van der Waals surface area (Å²) in [5.74, 6) is -1.20. The van der Waals surface area contributed by atoms with Crippen molar-refractivity contribution in [3.05, 3.63) is 21.1 Å². The monoisotopic (exact) mass is 243 g/mol. The first-order valence-corrected chi connectivity index (χ1v) is 5.02. The zero-order chi connectivity index (χ0) is 12.3. The molecule has 0 aliphatic rings. The van der Waals surface area contributed by atoms with Gasteiger partial charge in [-0.15, -0.1) is 11.3 Å². The number of carbonyl (C=O) groups is 1. The first-order valence-electron chi connectivity index (χ1n) is 4.20. The van der Waals surface area contributed by atoms with Crippen molar-refractivity contribution in [1.82, 2.24) is 0 Å². The molecule has 0 radical (unpaired) electrons. The molecule has 0 bridgehead atoms. The molecular weight excluding hydrogens is 234 g/mol. The van der Waals surface area contributed by atoms with E-state index >= 15 is 0 Å². The third-order valence-electron chi connectivity index (χ3n) is 1.50. The molecule has 1 heterocycles. The average molecular weight is 243 g/mol. The third-order valence-corrected chi connectivity index (χ3v) is 2.52. The number of hydrogen-bond donors (Lipinski definition) is 2. The second kappa shape index (κ2) is 4.71. The molecule has 0 atom stereocenters. The minimum Gasteiger partial charge on any atom is -0.477 e. The summed E-state index contributed by atoms with van der Waals surface area (Å²) in [6, 6.07) is 1.01. The van der Waals surface area contributed by atoms with Gasteiger partial charge < -0.3 is 5.11 Å². The second-order valence-corrected chi connectivity index (χ2v) is 4.11. The van der Waals surface area contributed by atoms with Crippen LogP contribution < -0.4 is 5.43 Å². The van der Waals surface area contributed by atoms with Crippen LogP contribution in [0.25, 0.3) is 0 Å². The quantitative estimate of drug-likeness (QED) is 0.479. The van der Waals surface area contributed by atoms with Crippen LogP contribution in [0.15, 0.2) is 11.2 Å². The fraction of sp³-hybridized carbons (Fsp3) is 0.250. The van der Waals surface area contributed by atoms with Gasteiger partial charge in [-0.3, -0.25) is 15.5 Å². The van der Waals surface area contributed by atoms with Gasteiger partial charge in [-0.1, -0.05) is 0 Å². The number of nitrogens with one attached hydrogen (secondary N) is 1. The summed E-state index contributed by atoms with van der Waals surface area (Å²) in [6.07, 6.45) is 0. The lowest BCUT2D eigenvalue weighted by atomic mass is 10.4. The van der Waals surface area contributed by atoms with Gasteiger partial charge in [0.25, 0.3) is 0 Å². The Morgan fingerprint density at radius 1 is 1.62 bits per heavy atom. The van der Waals surface area contributed by atoms with Gasteiger partial charge in [0.2, 0.25) is 0 Å². The van der Waals surface area contributed by atoms with Gasteiger partial charge in [0.05, 0.1) is 4.92 Å². The van der Waals surface area contributed by atoms with E-state index < -0.39 is 10.9 Å².